The summed E-state index contributed by atoms with van der Waals surface area (Å²) >= 11 is 0. The second-order valence-electron chi connectivity index (χ2n) is 3.02. The maximum atomic E-state index is 12.0. The summed E-state index contributed by atoms with van der Waals surface area (Å²) in [5, 5.41) is 9.33. The molecule has 0 bridgehead atoms. The van der Waals surface area contributed by atoms with Crippen molar-refractivity contribution in [3.63, 3.8) is 0 Å². The van der Waals surface area contributed by atoms with Gasteiger partial charge in [-0.2, -0.15) is 0 Å². The highest BCUT2D eigenvalue weighted by Crippen LogP contribution is 2.20. The number of aliphatic hydroxyl groups excluding tert-OH is 1. The Morgan fingerprint density at radius 1 is 1.31 bits per heavy atom. The molecule has 0 amide bonds. The number of aliphatic hydroxyl groups is 1. The van der Waals surface area contributed by atoms with E-state index in [0.29, 0.717) is 13.0 Å². The standard InChI is InChI=1S/C9H18F2O2/c1-3-5-7(6-8(10)11)9(12)13-4-2/h7-9,12H,3-6H2,1-2H3. The lowest BCUT2D eigenvalue weighted by atomic mass is 9.99. The van der Waals surface area contributed by atoms with Crippen LogP contribution in [0.1, 0.15) is 33.1 Å². The van der Waals surface area contributed by atoms with Crippen LogP contribution in [0.4, 0.5) is 8.78 Å². The topological polar surface area (TPSA) is 29.5 Å². The largest absolute Gasteiger partial charge is 0.368 e. The first-order valence-electron chi connectivity index (χ1n) is 4.69. The minimum atomic E-state index is -2.37. The molecule has 0 radical (unpaired) electrons. The number of alkyl halides is 2. The van der Waals surface area contributed by atoms with Crippen LogP contribution in [-0.2, 0) is 4.74 Å². The lowest BCUT2D eigenvalue weighted by Crippen LogP contribution is -2.25. The minimum Gasteiger partial charge on any atom is -0.368 e. The fraction of sp³-hybridized carbons (Fsp3) is 1.00. The molecule has 0 spiro atoms. The summed E-state index contributed by atoms with van der Waals surface area (Å²) in [5.41, 5.74) is 0. The van der Waals surface area contributed by atoms with Crippen molar-refractivity contribution in [2.45, 2.75) is 45.8 Å². The molecule has 13 heavy (non-hydrogen) atoms. The van der Waals surface area contributed by atoms with E-state index in [9.17, 15) is 13.9 Å². The van der Waals surface area contributed by atoms with Crippen molar-refractivity contribution >= 4 is 0 Å². The molecule has 0 aromatic heterocycles. The van der Waals surface area contributed by atoms with Crippen molar-refractivity contribution < 1.29 is 18.6 Å². The Hall–Kier alpha value is -0.220. The average molecular weight is 196 g/mol. The molecule has 0 aliphatic rings. The van der Waals surface area contributed by atoms with Crippen LogP contribution in [-0.4, -0.2) is 24.4 Å². The van der Waals surface area contributed by atoms with Gasteiger partial charge in [-0.05, 0) is 13.3 Å². The van der Waals surface area contributed by atoms with Gasteiger partial charge in [0.2, 0.25) is 6.43 Å². The molecular weight excluding hydrogens is 178 g/mol. The Balaban J connectivity index is 3.90. The second kappa shape index (κ2) is 7.21. The van der Waals surface area contributed by atoms with Gasteiger partial charge in [0.15, 0.2) is 6.29 Å². The molecular formula is C9H18F2O2. The van der Waals surface area contributed by atoms with Crippen LogP contribution >= 0.6 is 0 Å². The third-order valence-corrected chi connectivity index (χ3v) is 1.88. The number of hydrogen-bond donors (Lipinski definition) is 1. The Kier molecular flexibility index (Phi) is 7.09. The molecule has 2 unspecified atom stereocenters. The van der Waals surface area contributed by atoms with Crippen molar-refractivity contribution in [2.75, 3.05) is 6.61 Å². The van der Waals surface area contributed by atoms with E-state index in [4.69, 9.17) is 4.74 Å². The van der Waals surface area contributed by atoms with E-state index in [2.05, 4.69) is 0 Å². The van der Waals surface area contributed by atoms with E-state index in [0.717, 1.165) is 6.42 Å². The molecule has 1 N–H and O–H groups in total. The highest BCUT2D eigenvalue weighted by molar-refractivity contribution is 4.63. The molecule has 2 nitrogen and oxygen atoms in total. The summed E-state index contributed by atoms with van der Waals surface area (Å²) in [6, 6.07) is 0. The highest BCUT2D eigenvalue weighted by Gasteiger charge is 2.22. The first-order chi connectivity index (χ1) is 6.11. The number of ether oxygens (including phenoxy) is 1. The lowest BCUT2D eigenvalue weighted by molar-refractivity contribution is -0.141. The Morgan fingerprint density at radius 2 is 1.92 bits per heavy atom. The van der Waals surface area contributed by atoms with Crippen LogP contribution in [0.25, 0.3) is 0 Å². The minimum absolute atomic E-state index is 0.283. The summed E-state index contributed by atoms with van der Waals surface area (Å²) in [4.78, 5) is 0. The zero-order valence-corrected chi connectivity index (χ0v) is 8.17. The molecule has 0 aliphatic carbocycles. The zero-order chi connectivity index (χ0) is 10.3. The van der Waals surface area contributed by atoms with Crippen LogP contribution in [0.2, 0.25) is 0 Å². The third kappa shape index (κ3) is 5.93. The van der Waals surface area contributed by atoms with Gasteiger partial charge >= 0.3 is 0 Å². The van der Waals surface area contributed by atoms with Gasteiger partial charge in [-0.1, -0.05) is 13.3 Å². The first kappa shape index (κ1) is 12.8. The molecule has 80 valence electrons. The third-order valence-electron chi connectivity index (χ3n) is 1.88. The van der Waals surface area contributed by atoms with Crippen LogP contribution in [0.3, 0.4) is 0 Å². The van der Waals surface area contributed by atoms with Gasteiger partial charge in [0.05, 0.1) is 0 Å². The fourth-order valence-electron chi connectivity index (χ4n) is 1.28. The number of rotatable bonds is 7. The second-order valence-corrected chi connectivity index (χ2v) is 3.02. The molecule has 0 heterocycles. The van der Waals surface area contributed by atoms with Crippen LogP contribution in [0, 0.1) is 5.92 Å². The maximum absolute atomic E-state index is 12.0. The normalized spacial score (nSPS) is 16.2. The van der Waals surface area contributed by atoms with E-state index in [1.807, 2.05) is 6.92 Å². The highest BCUT2D eigenvalue weighted by atomic mass is 19.3. The maximum Gasteiger partial charge on any atom is 0.239 e. The van der Waals surface area contributed by atoms with E-state index in [1.54, 1.807) is 6.92 Å². The molecule has 0 aliphatic heterocycles. The Bertz CT molecular complexity index is 120. The zero-order valence-electron chi connectivity index (χ0n) is 8.17. The van der Waals surface area contributed by atoms with Crippen LogP contribution in [0.5, 0.6) is 0 Å². The summed E-state index contributed by atoms with van der Waals surface area (Å²) in [6.45, 7) is 3.98. The van der Waals surface area contributed by atoms with Gasteiger partial charge in [0.1, 0.15) is 0 Å². The summed E-state index contributed by atoms with van der Waals surface area (Å²) in [7, 11) is 0. The van der Waals surface area contributed by atoms with Gasteiger partial charge in [-0.3, -0.25) is 0 Å². The van der Waals surface area contributed by atoms with Crippen LogP contribution < -0.4 is 0 Å². The quantitative estimate of drug-likeness (QED) is 0.633. The molecule has 0 rings (SSSR count). The molecule has 2 atom stereocenters. The van der Waals surface area contributed by atoms with Crippen molar-refractivity contribution in [1.29, 1.82) is 0 Å². The van der Waals surface area contributed by atoms with Gasteiger partial charge < -0.3 is 9.84 Å². The molecule has 0 fully saturated rings. The predicted octanol–water partition coefficient (Wildman–Crippen LogP) is 2.41. The molecule has 4 heteroatoms. The van der Waals surface area contributed by atoms with Crippen molar-refractivity contribution in [3.05, 3.63) is 0 Å². The Labute approximate surface area is 77.9 Å². The molecule has 0 saturated carbocycles. The van der Waals surface area contributed by atoms with Gasteiger partial charge in [-0.25, -0.2) is 8.78 Å². The van der Waals surface area contributed by atoms with E-state index in [-0.39, 0.29) is 6.42 Å². The summed E-state index contributed by atoms with van der Waals surface area (Å²) < 4.78 is 29.0. The van der Waals surface area contributed by atoms with E-state index >= 15 is 0 Å². The van der Waals surface area contributed by atoms with Gasteiger partial charge in [-0.15, -0.1) is 0 Å². The van der Waals surface area contributed by atoms with Crippen LogP contribution in [0.15, 0.2) is 0 Å². The summed E-state index contributed by atoms with van der Waals surface area (Å²) in [5.74, 6) is -0.440. The molecule has 0 saturated heterocycles. The van der Waals surface area contributed by atoms with E-state index < -0.39 is 18.6 Å². The summed E-state index contributed by atoms with van der Waals surface area (Å²) in [6.07, 6.45) is -2.34. The van der Waals surface area contributed by atoms with Gasteiger partial charge in [0, 0.05) is 18.9 Å². The molecule has 0 aromatic carbocycles. The lowest BCUT2D eigenvalue weighted by Gasteiger charge is -2.21. The van der Waals surface area contributed by atoms with Crippen molar-refractivity contribution in [2.24, 2.45) is 5.92 Å². The first-order valence-corrected chi connectivity index (χ1v) is 4.69. The SMILES string of the molecule is CCCC(CC(F)F)C(O)OCC. The number of hydrogen-bond acceptors (Lipinski definition) is 2. The fourth-order valence-corrected chi connectivity index (χ4v) is 1.28. The smallest absolute Gasteiger partial charge is 0.239 e. The predicted molar refractivity (Wildman–Crippen MR) is 46.7 cm³/mol. The Morgan fingerprint density at radius 3 is 2.31 bits per heavy atom. The average Bonchev–Trinajstić information content (AvgIpc) is 2.03. The number of halogens is 2. The molecule has 0 aromatic rings. The monoisotopic (exact) mass is 196 g/mol. The van der Waals surface area contributed by atoms with Crippen molar-refractivity contribution in [3.8, 4) is 0 Å². The van der Waals surface area contributed by atoms with Gasteiger partial charge in [0.25, 0.3) is 0 Å². The van der Waals surface area contributed by atoms with Crippen molar-refractivity contribution in [1.82, 2.24) is 0 Å². The van der Waals surface area contributed by atoms with E-state index in [1.165, 1.54) is 0 Å².